The molecule has 21 heavy (non-hydrogen) atoms. The second kappa shape index (κ2) is 5.46. The minimum absolute atomic E-state index is 0.160. The average molecular weight is 301 g/mol. The first-order chi connectivity index (χ1) is 9.86. The van der Waals surface area contributed by atoms with E-state index in [0.717, 1.165) is 4.31 Å². The molecule has 0 saturated carbocycles. The molecule has 0 radical (unpaired) electrons. The summed E-state index contributed by atoms with van der Waals surface area (Å²) in [6.45, 7) is 1.71. The Hall–Kier alpha value is -2.52. The Morgan fingerprint density at radius 1 is 1.19 bits per heavy atom. The topological polar surface area (TPSA) is 87.2 Å². The lowest BCUT2D eigenvalue weighted by Gasteiger charge is -2.21. The molecule has 2 rings (SSSR count). The Labute approximate surface area is 124 Å². The van der Waals surface area contributed by atoms with Gasteiger partial charge in [-0.05, 0) is 42.8 Å². The number of nitrogens with two attached hydrogens (primary N) is 1. The van der Waals surface area contributed by atoms with Gasteiger partial charge in [0.05, 0.1) is 22.2 Å². The Bertz CT molecular complexity index is 823. The van der Waals surface area contributed by atoms with Crippen molar-refractivity contribution in [2.75, 3.05) is 17.1 Å². The van der Waals surface area contributed by atoms with E-state index in [4.69, 9.17) is 11.0 Å². The van der Waals surface area contributed by atoms with E-state index in [-0.39, 0.29) is 4.90 Å². The van der Waals surface area contributed by atoms with Crippen LogP contribution >= 0.6 is 0 Å². The van der Waals surface area contributed by atoms with Crippen LogP contribution < -0.4 is 10.0 Å². The van der Waals surface area contributed by atoms with Gasteiger partial charge in [-0.25, -0.2) is 8.42 Å². The highest BCUT2D eigenvalue weighted by Gasteiger charge is 2.23. The number of sulfonamides is 1. The number of nitriles is 1. The summed E-state index contributed by atoms with van der Waals surface area (Å²) in [5.74, 6) is 0. The Balaban J connectivity index is 2.53. The predicted octanol–water partition coefficient (Wildman–Crippen LogP) is 2.27. The molecule has 0 aliphatic carbocycles. The van der Waals surface area contributed by atoms with Crippen molar-refractivity contribution >= 4 is 21.4 Å². The Kier molecular flexibility index (Phi) is 3.87. The molecule has 2 N–H and O–H groups in total. The lowest BCUT2D eigenvalue weighted by molar-refractivity contribution is 0.594. The predicted molar refractivity (Wildman–Crippen MR) is 82.3 cm³/mol. The molecule has 0 fully saturated rings. The first-order valence-corrected chi connectivity index (χ1v) is 7.65. The van der Waals surface area contributed by atoms with E-state index in [9.17, 15) is 8.42 Å². The SMILES string of the molecule is Cc1ccc(N)cc1S(=O)(=O)N(C)c1cccc(C#N)c1. The number of anilines is 2. The summed E-state index contributed by atoms with van der Waals surface area (Å²) in [5.41, 5.74) is 7.52. The van der Waals surface area contributed by atoms with E-state index in [0.29, 0.717) is 22.5 Å². The lowest BCUT2D eigenvalue weighted by atomic mass is 10.2. The molecule has 0 bridgehead atoms. The van der Waals surface area contributed by atoms with Gasteiger partial charge in [-0.15, -0.1) is 0 Å². The third-order valence-corrected chi connectivity index (χ3v) is 5.12. The molecule has 0 unspecified atom stereocenters. The summed E-state index contributed by atoms with van der Waals surface area (Å²) < 4.78 is 26.5. The van der Waals surface area contributed by atoms with Crippen molar-refractivity contribution in [3.63, 3.8) is 0 Å². The first-order valence-electron chi connectivity index (χ1n) is 6.21. The highest BCUT2D eigenvalue weighted by molar-refractivity contribution is 7.92. The van der Waals surface area contributed by atoms with E-state index in [1.165, 1.54) is 19.2 Å². The largest absolute Gasteiger partial charge is 0.399 e. The van der Waals surface area contributed by atoms with Crippen molar-refractivity contribution in [1.29, 1.82) is 5.26 Å². The van der Waals surface area contributed by atoms with Crippen molar-refractivity contribution in [2.24, 2.45) is 0 Å². The summed E-state index contributed by atoms with van der Waals surface area (Å²) in [6, 6.07) is 13.2. The lowest BCUT2D eigenvalue weighted by Crippen LogP contribution is -2.27. The summed E-state index contributed by atoms with van der Waals surface area (Å²) in [5, 5.41) is 8.91. The van der Waals surface area contributed by atoms with E-state index in [1.807, 2.05) is 6.07 Å². The zero-order chi connectivity index (χ0) is 15.6. The minimum Gasteiger partial charge on any atom is -0.399 e. The van der Waals surface area contributed by atoms with Gasteiger partial charge < -0.3 is 5.73 Å². The normalized spacial score (nSPS) is 10.9. The van der Waals surface area contributed by atoms with Crippen LogP contribution in [0.4, 0.5) is 11.4 Å². The van der Waals surface area contributed by atoms with Crippen LogP contribution in [-0.4, -0.2) is 15.5 Å². The van der Waals surface area contributed by atoms with E-state index >= 15 is 0 Å². The molecule has 0 aliphatic rings. The highest BCUT2D eigenvalue weighted by atomic mass is 32.2. The second-order valence-electron chi connectivity index (χ2n) is 4.66. The molecule has 6 heteroatoms. The van der Waals surface area contributed by atoms with Crippen LogP contribution in [0.1, 0.15) is 11.1 Å². The van der Waals surface area contributed by atoms with Gasteiger partial charge in [0.15, 0.2) is 0 Å². The molecule has 0 aromatic heterocycles. The van der Waals surface area contributed by atoms with Gasteiger partial charge in [0.2, 0.25) is 0 Å². The fourth-order valence-electron chi connectivity index (χ4n) is 1.95. The van der Waals surface area contributed by atoms with Crippen LogP contribution in [0, 0.1) is 18.3 Å². The van der Waals surface area contributed by atoms with Crippen molar-refractivity contribution in [1.82, 2.24) is 0 Å². The Morgan fingerprint density at radius 3 is 2.57 bits per heavy atom. The Morgan fingerprint density at radius 2 is 1.90 bits per heavy atom. The third kappa shape index (κ3) is 2.83. The standard InChI is InChI=1S/C15H15N3O2S/c1-11-6-7-13(17)9-15(11)21(19,20)18(2)14-5-3-4-12(8-14)10-16/h3-9H,17H2,1-2H3. The van der Waals surface area contributed by atoms with E-state index in [2.05, 4.69) is 0 Å². The minimum atomic E-state index is -3.73. The molecule has 5 nitrogen and oxygen atoms in total. The fourth-order valence-corrected chi connectivity index (χ4v) is 3.40. The number of benzene rings is 2. The van der Waals surface area contributed by atoms with Crippen LogP contribution in [0.25, 0.3) is 0 Å². The quantitative estimate of drug-likeness (QED) is 0.881. The second-order valence-corrected chi connectivity index (χ2v) is 6.60. The fraction of sp³-hybridized carbons (Fsp3) is 0.133. The summed E-state index contributed by atoms with van der Waals surface area (Å²) in [6.07, 6.45) is 0. The number of aryl methyl sites for hydroxylation is 1. The number of rotatable bonds is 3. The molecule has 2 aromatic rings. The van der Waals surface area contributed by atoms with Crippen LogP contribution in [0.2, 0.25) is 0 Å². The molecule has 0 aliphatic heterocycles. The van der Waals surface area contributed by atoms with Crippen LogP contribution in [-0.2, 0) is 10.0 Å². The molecule has 108 valence electrons. The maximum Gasteiger partial charge on any atom is 0.264 e. The molecule has 0 atom stereocenters. The van der Waals surface area contributed by atoms with Crippen molar-refractivity contribution < 1.29 is 8.42 Å². The van der Waals surface area contributed by atoms with Crippen LogP contribution in [0.15, 0.2) is 47.4 Å². The number of nitrogen functional groups attached to an aromatic ring is 1. The number of nitrogens with zero attached hydrogens (tertiary/aromatic N) is 2. The van der Waals surface area contributed by atoms with Gasteiger partial charge >= 0.3 is 0 Å². The summed E-state index contributed by atoms with van der Waals surface area (Å²) >= 11 is 0. The van der Waals surface area contributed by atoms with Crippen LogP contribution in [0.3, 0.4) is 0 Å². The van der Waals surface area contributed by atoms with Crippen LogP contribution in [0.5, 0.6) is 0 Å². The molecule has 0 spiro atoms. The molecule has 0 saturated heterocycles. The monoisotopic (exact) mass is 301 g/mol. The molecule has 2 aromatic carbocycles. The molecular formula is C15H15N3O2S. The van der Waals surface area contributed by atoms with Gasteiger partial charge in [-0.1, -0.05) is 12.1 Å². The molecular weight excluding hydrogens is 286 g/mol. The molecule has 0 amide bonds. The van der Waals surface area contributed by atoms with Crippen molar-refractivity contribution in [3.8, 4) is 6.07 Å². The zero-order valence-corrected chi connectivity index (χ0v) is 12.6. The zero-order valence-electron chi connectivity index (χ0n) is 11.7. The maximum absolute atomic E-state index is 12.7. The van der Waals surface area contributed by atoms with Crippen molar-refractivity contribution in [2.45, 2.75) is 11.8 Å². The van der Waals surface area contributed by atoms with Gasteiger partial charge in [-0.3, -0.25) is 4.31 Å². The van der Waals surface area contributed by atoms with E-state index < -0.39 is 10.0 Å². The van der Waals surface area contributed by atoms with E-state index in [1.54, 1.807) is 37.3 Å². The molecule has 0 heterocycles. The summed E-state index contributed by atoms with van der Waals surface area (Å²) in [4.78, 5) is 0.160. The summed E-state index contributed by atoms with van der Waals surface area (Å²) in [7, 11) is -2.27. The number of hydrogen-bond acceptors (Lipinski definition) is 4. The van der Waals surface area contributed by atoms with Gasteiger partial charge in [0.1, 0.15) is 0 Å². The van der Waals surface area contributed by atoms with Gasteiger partial charge in [0, 0.05) is 12.7 Å². The van der Waals surface area contributed by atoms with Crippen molar-refractivity contribution in [3.05, 3.63) is 53.6 Å². The third-order valence-electron chi connectivity index (χ3n) is 3.19. The average Bonchev–Trinajstić information content (AvgIpc) is 2.48. The highest BCUT2D eigenvalue weighted by Crippen LogP contribution is 2.26. The number of hydrogen-bond donors (Lipinski definition) is 1. The maximum atomic E-state index is 12.7. The first kappa shape index (κ1) is 14.9. The van der Waals surface area contributed by atoms with Gasteiger partial charge in [0.25, 0.3) is 10.0 Å². The smallest absolute Gasteiger partial charge is 0.264 e. The van der Waals surface area contributed by atoms with Gasteiger partial charge in [-0.2, -0.15) is 5.26 Å².